The number of aliphatic hydroxyl groups is 1. The molecule has 4 atom stereocenters. The average molecular weight is 698 g/mol. The third kappa shape index (κ3) is 10.3. The van der Waals surface area contributed by atoms with E-state index in [4.69, 9.17) is 4.74 Å². The molecule has 1 aromatic heterocycles. The van der Waals surface area contributed by atoms with Crippen molar-refractivity contribution in [3.8, 4) is 10.4 Å². The molecule has 1 saturated carbocycles. The van der Waals surface area contributed by atoms with E-state index >= 15 is 0 Å². The number of likely N-dealkylation sites (tertiary alicyclic amines) is 1. The molecule has 11 nitrogen and oxygen atoms in total. The van der Waals surface area contributed by atoms with Gasteiger partial charge in [0.15, 0.2) is 0 Å². The number of aryl methyl sites for hydroxylation is 1. The summed E-state index contributed by atoms with van der Waals surface area (Å²) >= 11 is 1.58. The van der Waals surface area contributed by atoms with E-state index in [-0.39, 0.29) is 37.2 Å². The van der Waals surface area contributed by atoms with Crippen LogP contribution >= 0.6 is 11.3 Å². The van der Waals surface area contributed by atoms with Gasteiger partial charge in [0, 0.05) is 25.9 Å². The van der Waals surface area contributed by atoms with Crippen molar-refractivity contribution in [3.05, 3.63) is 41.0 Å². The van der Waals surface area contributed by atoms with Gasteiger partial charge in [-0.15, -0.1) is 11.3 Å². The zero-order valence-corrected chi connectivity index (χ0v) is 31.2. The fraction of sp³-hybridized carbons (Fsp3) is 0.649. The number of carbonyl (C=O) groups is 4. The van der Waals surface area contributed by atoms with Crippen molar-refractivity contribution in [2.45, 2.75) is 130 Å². The van der Waals surface area contributed by atoms with Gasteiger partial charge in [0.2, 0.25) is 17.7 Å². The molecule has 4 N–H and O–H groups in total. The number of hydrogen-bond acceptors (Lipinski definition) is 8. The highest BCUT2D eigenvalue weighted by Crippen LogP contribution is 2.39. The quantitative estimate of drug-likeness (QED) is 0.251. The van der Waals surface area contributed by atoms with Gasteiger partial charge in [-0.1, -0.05) is 64.3 Å². The van der Waals surface area contributed by atoms with Crippen LogP contribution in [0.4, 0.5) is 4.79 Å². The summed E-state index contributed by atoms with van der Waals surface area (Å²) in [6.07, 6.45) is 3.38. The number of nitrogens with zero attached hydrogens (tertiary/aromatic N) is 2. The summed E-state index contributed by atoms with van der Waals surface area (Å²) in [7, 11) is 0. The Morgan fingerprint density at radius 1 is 1.04 bits per heavy atom. The van der Waals surface area contributed by atoms with Crippen LogP contribution in [0.15, 0.2) is 29.8 Å². The molecule has 4 amide bonds. The summed E-state index contributed by atoms with van der Waals surface area (Å²) in [5, 5.41) is 19.6. The Labute approximate surface area is 295 Å². The molecule has 12 heteroatoms. The van der Waals surface area contributed by atoms with E-state index in [0.717, 1.165) is 53.8 Å². The molecule has 2 heterocycles. The molecule has 270 valence electrons. The van der Waals surface area contributed by atoms with Gasteiger partial charge < -0.3 is 30.7 Å². The minimum atomic E-state index is -0.930. The molecule has 0 spiro atoms. The van der Waals surface area contributed by atoms with E-state index < -0.39 is 46.6 Å². The number of rotatable bonds is 10. The van der Waals surface area contributed by atoms with Crippen molar-refractivity contribution < 1.29 is 29.0 Å². The second-order valence-corrected chi connectivity index (χ2v) is 16.8. The van der Waals surface area contributed by atoms with Gasteiger partial charge in [0.25, 0.3) is 0 Å². The first-order chi connectivity index (χ1) is 22.9. The normalized spacial score (nSPS) is 20.6. The Bertz CT molecular complexity index is 1470. The van der Waals surface area contributed by atoms with E-state index in [2.05, 4.69) is 20.9 Å². The van der Waals surface area contributed by atoms with E-state index in [9.17, 15) is 24.3 Å². The number of aromatic nitrogens is 1. The van der Waals surface area contributed by atoms with Crippen molar-refractivity contribution in [2.75, 3.05) is 13.1 Å². The predicted molar refractivity (Wildman–Crippen MR) is 191 cm³/mol. The van der Waals surface area contributed by atoms with Gasteiger partial charge in [-0.2, -0.15) is 0 Å². The standard InChI is InChI=1S/C37H55N5O6S/c1-23(25-12-14-26(15-13-25)30-24(2)39-22-49-30)40-32(45)28-18-27(43)20-42(28)33(46)31(35(3,4)5)41-29(44)19-37(16-10-9-11-17-37)21-38-34(47)48-36(6,7)8/h12-15,22-23,27-28,31,43H,9-11,16-21H2,1-8H3,(H,38,47)(H,40,45)(H,41,44)/t23-,27+,28-,31+/m0/s1. The van der Waals surface area contributed by atoms with Crippen LogP contribution in [-0.2, 0) is 19.1 Å². The lowest BCUT2D eigenvalue weighted by Crippen LogP contribution is -2.58. The lowest BCUT2D eigenvalue weighted by atomic mass is 9.71. The largest absolute Gasteiger partial charge is 0.444 e. The number of ether oxygens (including phenoxy) is 1. The molecular formula is C37H55N5O6S. The molecule has 2 aliphatic rings. The van der Waals surface area contributed by atoms with Gasteiger partial charge in [0.05, 0.1) is 28.2 Å². The molecule has 2 fully saturated rings. The minimum absolute atomic E-state index is 0.000392. The molecule has 2 aromatic rings. The lowest BCUT2D eigenvalue weighted by molar-refractivity contribution is -0.144. The summed E-state index contributed by atoms with van der Waals surface area (Å²) in [4.78, 5) is 60.8. The van der Waals surface area contributed by atoms with Crippen LogP contribution in [0.5, 0.6) is 0 Å². The maximum atomic E-state index is 14.2. The summed E-state index contributed by atoms with van der Waals surface area (Å²) in [6, 6.07) is 5.81. The molecule has 49 heavy (non-hydrogen) atoms. The zero-order chi connectivity index (χ0) is 36.1. The number of aliphatic hydroxyl groups excluding tert-OH is 1. The number of carbonyl (C=O) groups excluding carboxylic acids is 4. The molecule has 0 radical (unpaired) electrons. The van der Waals surface area contributed by atoms with Crippen LogP contribution < -0.4 is 16.0 Å². The van der Waals surface area contributed by atoms with Gasteiger partial charge in [-0.25, -0.2) is 9.78 Å². The number of β-amino-alcohol motifs (C(OH)–C–C–N with tert-alkyl or cyclic N) is 1. The highest BCUT2D eigenvalue weighted by atomic mass is 32.1. The lowest BCUT2D eigenvalue weighted by Gasteiger charge is -2.39. The van der Waals surface area contributed by atoms with Gasteiger partial charge in [-0.3, -0.25) is 14.4 Å². The zero-order valence-electron chi connectivity index (χ0n) is 30.4. The number of amides is 4. The maximum Gasteiger partial charge on any atom is 0.407 e. The molecule has 1 saturated heterocycles. The summed E-state index contributed by atoms with van der Waals surface area (Å²) in [5.41, 5.74) is 2.99. The number of hydrogen-bond donors (Lipinski definition) is 4. The Morgan fingerprint density at radius 3 is 2.27 bits per heavy atom. The molecule has 1 aromatic carbocycles. The van der Waals surface area contributed by atoms with Crippen LogP contribution in [-0.4, -0.2) is 75.7 Å². The average Bonchev–Trinajstić information content (AvgIpc) is 3.63. The Kier molecular flexibility index (Phi) is 12.2. The maximum absolute atomic E-state index is 14.2. The van der Waals surface area contributed by atoms with Crippen molar-refractivity contribution in [1.82, 2.24) is 25.8 Å². The van der Waals surface area contributed by atoms with Crippen LogP contribution in [0.2, 0.25) is 0 Å². The summed E-state index contributed by atoms with van der Waals surface area (Å²) < 4.78 is 5.43. The minimum Gasteiger partial charge on any atom is -0.444 e. The van der Waals surface area contributed by atoms with Crippen LogP contribution in [0, 0.1) is 17.8 Å². The third-order valence-corrected chi connectivity index (χ3v) is 10.5. The molecule has 1 aliphatic carbocycles. The SMILES string of the molecule is Cc1ncsc1-c1ccc([C@H](C)NC(=O)[C@@H]2C[C@@H](O)CN2C(=O)[C@@H](NC(=O)CC2(CNC(=O)OC(C)(C)C)CCCCC2)C(C)(C)C)cc1. The fourth-order valence-electron chi connectivity index (χ4n) is 6.86. The van der Waals surface area contributed by atoms with Crippen molar-refractivity contribution >= 4 is 35.2 Å². The second-order valence-electron chi connectivity index (χ2n) is 16.0. The highest BCUT2D eigenvalue weighted by molar-refractivity contribution is 7.13. The highest BCUT2D eigenvalue weighted by Gasteiger charge is 2.45. The Morgan fingerprint density at radius 2 is 1.69 bits per heavy atom. The summed E-state index contributed by atoms with van der Waals surface area (Å²) in [6.45, 7) is 15.2. The molecular weight excluding hydrogens is 643 g/mol. The van der Waals surface area contributed by atoms with Crippen LogP contribution in [0.25, 0.3) is 10.4 Å². The number of alkyl carbamates (subject to hydrolysis) is 1. The monoisotopic (exact) mass is 697 g/mol. The Balaban J connectivity index is 1.43. The molecule has 1 aliphatic heterocycles. The van der Waals surface area contributed by atoms with E-state index in [0.29, 0.717) is 6.54 Å². The molecule has 0 bridgehead atoms. The van der Waals surface area contributed by atoms with Gasteiger partial charge >= 0.3 is 6.09 Å². The van der Waals surface area contributed by atoms with Crippen LogP contribution in [0.1, 0.15) is 111 Å². The number of thiazole rings is 1. The smallest absolute Gasteiger partial charge is 0.407 e. The Hall–Kier alpha value is -3.51. The van der Waals surface area contributed by atoms with Crippen molar-refractivity contribution in [1.29, 1.82) is 0 Å². The van der Waals surface area contributed by atoms with Gasteiger partial charge in [-0.05, 0) is 69.4 Å². The van der Waals surface area contributed by atoms with Gasteiger partial charge in [0.1, 0.15) is 17.7 Å². The first kappa shape index (κ1) is 38.3. The van der Waals surface area contributed by atoms with E-state index in [1.54, 1.807) is 32.1 Å². The van der Waals surface area contributed by atoms with Crippen molar-refractivity contribution in [2.24, 2.45) is 10.8 Å². The second kappa shape index (κ2) is 15.6. The third-order valence-electron chi connectivity index (χ3n) is 9.52. The predicted octanol–water partition coefficient (Wildman–Crippen LogP) is 5.65. The van der Waals surface area contributed by atoms with E-state index in [1.165, 1.54) is 4.90 Å². The number of benzene rings is 1. The first-order valence-electron chi connectivity index (χ1n) is 17.4. The van der Waals surface area contributed by atoms with Crippen LogP contribution in [0.3, 0.4) is 0 Å². The first-order valence-corrected chi connectivity index (χ1v) is 18.3. The number of nitrogens with one attached hydrogen (secondary N) is 3. The molecule has 0 unspecified atom stereocenters. The fourth-order valence-corrected chi connectivity index (χ4v) is 7.67. The molecule has 4 rings (SSSR count). The van der Waals surface area contributed by atoms with Crippen molar-refractivity contribution in [3.63, 3.8) is 0 Å². The van der Waals surface area contributed by atoms with E-state index in [1.807, 2.05) is 64.4 Å². The topological polar surface area (TPSA) is 150 Å². The summed E-state index contributed by atoms with van der Waals surface area (Å²) in [5.74, 6) is -1.04.